The van der Waals surface area contributed by atoms with Gasteiger partial charge in [0.1, 0.15) is 0 Å². The molecule has 3 N–H and O–H groups in total. The minimum atomic E-state index is -1.82. The number of benzene rings is 1. The third kappa shape index (κ3) is 6.43. The van der Waals surface area contributed by atoms with E-state index in [0.717, 1.165) is 30.4 Å². The summed E-state index contributed by atoms with van der Waals surface area (Å²) in [6.45, 7) is 6.73. The van der Waals surface area contributed by atoms with Crippen LogP contribution < -0.4 is 0 Å². The Bertz CT molecular complexity index is 1040. The first-order valence-corrected chi connectivity index (χ1v) is 11.6. The van der Waals surface area contributed by atoms with Gasteiger partial charge in [0.2, 0.25) is 0 Å². The average Bonchev–Trinajstić information content (AvgIpc) is 3.40. The molecule has 0 saturated carbocycles. The molecule has 0 radical (unpaired) electrons. The fourth-order valence-corrected chi connectivity index (χ4v) is 4.45. The standard InChI is InChI=1S/C21H27BrN4.C2H2O4/c1-2-8-26-15-16(13-24-26)5-9-25-10-6-17(7-11-25)20-14-23-21-4-3-18(22)12-19(20)21;3-1(4)2(5)6/h3-4,12-15,17,23H,2,5-11H2,1H3;(H,3,4)(H,5,6). The van der Waals surface area contributed by atoms with Crippen LogP contribution in [0.15, 0.2) is 41.3 Å². The molecule has 0 amide bonds. The van der Waals surface area contributed by atoms with Crippen molar-refractivity contribution in [3.63, 3.8) is 0 Å². The minimum Gasteiger partial charge on any atom is -0.473 e. The number of aliphatic carboxylic acids is 2. The zero-order chi connectivity index (χ0) is 23.1. The number of likely N-dealkylation sites (tertiary alicyclic amines) is 1. The molecule has 4 rings (SSSR count). The molecule has 8 nitrogen and oxygen atoms in total. The van der Waals surface area contributed by atoms with E-state index in [1.165, 1.54) is 48.0 Å². The van der Waals surface area contributed by atoms with Crippen LogP contribution in [0.4, 0.5) is 0 Å². The first kappa shape index (κ1) is 24.0. The lowest BCUT2D eigenvalue weighted by molar-refractivity contribution is -0.159. The highest BCUT2D eigenvalue weighted by Crippen LogP contribution is 2.34. The van der Waals surface area contributed by atoms with Crippen molar-refractivity contribution in [2.24, 2.45) is 0 Å². The number of aromatic nitrogens is 3. The van der Waals surface area contributed by atoms with Crippen LogP contribution in [0.2, 0.25) is 0 Å². The number of aryl methyl sites for hydroxylation is 1. The molecule has 0 unspecified atom stereocenters. The van der Waals surface area contributed by atoms with E-state index in [-0.39, 0.29) is 0 Å². The fraction of sp³-hybridized carbons (Fsp3) is 0.435. The molecule has 1 saturated heterocycles. The molecule has 3 aromatic rings. The van der Waals surface area contributed by atoms with Crippen LogP contribution in [0.1, 0.15) is 43.2 Å². The number of piperidine rings is 1. The normalized spacial score (nSPS) is 14.8. The number of H-pyrrole nitrogens is 1. The molecular weight excluding hydrogens is 476 g/mol. The van der Waals surface area contributed by atoms with Gasteiger partial charge in [-0.1, -0.05) is 22.9 Å². The molecule has 1 aliphatic heterocycles. The Balaban J connectivity index is 0.000000427. The first-order valence-electron chi connectivity index (χ1n) is 10.8. The Labute approximate surface area is 195 Å². The van der Waals surface area contributed by atoms with Crippen molar-refractivity contribution >= 4 is 38.8 Å². The van der Waals surface area contributed by atoms with Crippen LogP contribution in [0.25, 0.3) is 10.9 Å². The molecule has 0 aliphatic carbocycles. The van der Waals surface area contributed by atoms with Gasteiger partial charge < -0.3 is 20.1 Å². The van der Waals surface area contributed by atoms with E-state index in [1.54, 1.807) is 0 Å². The molecule has 1 aromatic carbocycles. The number of carboxylic acid groups (broad SMARTS) is 2. The van der Waals surface area contributed by atoms with Crippen LogP contribution in [-0.4, -0.2) is 61.5 Å². The van der Waals surface area contributed by atoms with Crippen molar-refractivity contribution in [3.8, 4) is 0 Å². The molecule has 3 heterocycles. The van der Waals surface area contributed by atoms with Gasteiger partial charge in [0, 0.05) is 40.9 Å². The Kier molecular flexibility index (Phi) is 8.46. The molecule has 0 spiro atoms. The number of rotatable bonds is 6. The number of nitrogens with one attached hydrogen (secondary N) is 1. The van der Waals surface area contributed by atoms with Crippen molar-refractivity contribution in [2.75, 3.05) is 19.6 Å². The van der Waals surface area contributed by atoms with E-state index < -0.39 is 11.9 Å². The number of carboxylic acids is 2. The Morgan fingerprint density at radius 3 is 2.56 bits per heavy atom. The van der Waals surface area contributed by atoms with Crippen LogP contribution in [0.5, 0.6) is 0 Å². The van der Waals surface area contributed by atoms with Gasteiger partial charge in [-0.3, -0.25) is 4.68 Å². The van der Waals surface area contributed by atoms with Gasteiger partial charge in [-0.15, -0.1) is 0 Å². The van der Waals surface area contributed by atoms with Gasteiger partial charge in [0.15, 0.2) is 0 Å². The summed E-state index contributed by atoms with van der Waals surface area (Å²) in [7, 11) is 0. The van der Waals surface area contributed by atoms with Crippen molar-refractivity contribution in [2.45, 2.75) is 45.1 Å². The Morgan fingerprint density at radius 2 is 1.91 bits per heavy atom. The van der Waals surface area contributed by atoms with Gasteiger partial charge in [0.05, 0.1) is 6.20 Å². The summed E-state index contributed by atoms with van der Waals surface area (Å²) in [6.07, 6.45) is 11.2. The zero-order valence-electron chi connectivity index (χ0n) is 18.1. The smallest absolute Gasteiger partial charge is 0.414 e. The molecule has 172 valence electrons. The maximum absolute atomic E-state index is 9.10. The maximum atomic E-state index is 9.10. The molecule has 32 heavy (non-hydrogen) atoms. The molecule has 2 aromatic heterocycles. The van der Waals surface area contributed by atoms with Gasteiger partial charge in [0.25, 0.3) is 0 Å². The molecule has 9 heteroatoms. The average molecular weight is 505 g/mol. The van der Waals surface area contributed by atoms with Gasteiger partial charge >= 0.3 is 11.9 Å². The lowest BCUT2D eigenvalue weighted by Crippen LogP contribution is -2.34. The van der Waals surface area contributed by atoms with Crippen LogP contribution >= 0.6 is 15.9 Å². The van der Waals surface area contributed by atoms with E-state index in [2.05, 4.69) is 73.1 Å². The van der Waals surface area contributed by atoms with Crippen molar-refractivity contribution in [1.82, 2.24) is 19.7 Å². The summed E-state index contributed by atoms with van der Waals surface area (Å²) >= 11 is 3.61. The second-order valence-electron chi connectivity index (χ2n) is 8.02. The number of halogens is 1. The second-order valence-corrected chi connectivity index (χ2v) is 8.94. The monoisotopic (exact) mass is 504 g/mol. The molecule has 0 atom stereocenters. The van der Waals surface area contributed by atoms with Gasteiger partial charge in [-0.2, -0.15) is 5.10 Å². The summed E-state index contributed by atoms with van der Waals surface area (Å²) in [6, 6.07) is 6.52. The van der Waals surface area contributed by atoms with E-state index in [9.17, 15) is 0 Å². The van der Waals surface area contributed by atoms with Gasteiger partial charge in [-0.05, 0) is 74.0 Å². The van der Waals surface area contributed by atoms with Gasteiger partial charge in [-0.25, -0.2) is 9.59 Å². The number of carbonyl (C=O) groups is 2. The Hall–Kier alpha value is -2.65. The third-order valence-corrected chi connectivity index (χ3v) is 6.24. The highest BCUT2D eigenvalue weighted by atomic mass is 79.9. The number of nitrogens with zero attached hydrogens (tertiary/aromatic N) is 3. The lowest BCUT2D eigenvalue weighted by Gasteiger charge is -2.31. The summed E-state index contributed by atoms with van der Waals surface area (Å²) in [4.78, 5) is 24.2. The fourth-order valence-electron chi connectivity index (χ4n) is 4.09. The van der Waals surface area contributed by atoms with Crippen molar-refractivity contribution < 1.29 is 19.8 Å². The first-order chi connectivity index (χ1) is 15.4. The summed E-state index contributed by atoms with van der Waals surface area (Å²) in [5.41, 5.74) is 4.10. The predicted molar refractivity (Wildman–Crippen MR) is 126 cm³/mol. The SMILES string of the molecule is CCCn1cc(CCN2CCC(c3c[nH]c4ccc(Br)cc34)CC2)cn1.O=C(O)C(=O)O. The number of fused-ring (bicyclic) bond motifs is 1. The number of aromatic amines is 1. The number of hydrogen-bond donors (Lipinski definition) is 3. The van der Waals surface area contributed by atoms with E-state index in [0.29, 0.717) is 5.92 Å². The van der Waals surface area contributed by atoms with Crippen LogP contribution in [0.3, 0.4) is 0 Å². The third-order valence-electron chi connectivity index (χ3n) is 5.74. The Morgan fingerprint density at radius 1 is 1.19 bits per heavy atom. The van der Waals surface area contributed by atoms with E-state index in [1.807, 2.05) is 6.20 Å². The maximum Gasteiger partial charge on any atom is 0.414 e. The molecule has 0 bridgehead atoms. The van der Waals surface area contributed by atoms with Crippen LogP contribution in [-0.2, 0) is 22.6 Å². The molecule has 1 fully saturated rings. The predicted octanol–water partition coefficient (Wildman–Crippen LogP) is 4.11. The van der Waals surface area contributed by atoms with E-state index >= 15 is 0 Å². The topological polar surface area (TPSA) is 111 Å². The highest BCUT2D eigenvalue weighted by Gasteiger charge is 2.22. The largest absolute Gasteiger partial charge is 0.473 e. The number of hydrogen-bond acceptors (Lipinski definition) is 4. The summed E-state index contributed by atoms with van der Waals surface area (Å²) in [5.74, 6) is -2.98. The zero-order valence-corrected chi connectivity index (χ0v) is 19.7. The molecule has 1 aliphatic rings. The van der Waals surface area contributed by atoms with E-state index in [4.69, 9.17) is 19.8 Å². The molecular formula is C23H29BrN4O4. The highest BCUT2D eigenvalue weighted by molar-refractivity contribution is 9.10. The minimum absolute atomic E-state index is 0.668. The van der Waals surface area contributed by atoms with Crippen LogP contribution in [0, 0.1) is 0 Å². The quantitative estimate of drug-likeness (QED) is 0.435. The van der Waals surface area contributed by atoms with Crippen molar-refractivity contribution in [3.05, 3.63) is 52.4 Å². The summed E-state index contributed by atoms with van der Waals surface area (Å²) in [5, 5.41) is 20.6. The summed E-state index contributed by atoms with van der Waals surface area (Å²) < 4.78 is 3.23. The van der Waals surface area contributed by atoms with Crippen molar-refractivity contribution in [1.29, 1.82) is 0 Å². The lowest BCUT2D eigenvalue weighted by atomic mass is 9.89. The second kappa shape index (κ2) is 11.3.